The Morgan fingerprint density at radius 2 is 1.93 bits per heavy atom. The van der Waals surface area contributed by atoms with Crippen LogP contribution in [0.5, 0.6) is 0 Å². The molecule has 0 saturated heterocycles. The van der Waals surface area contributed by atoms with Gasteiger partial charge in [0.2, 0.25) is 0 Å². The van der Waals surface area contributed by atoms with Gasteiger partial charge in [0.25, 0.3) is 0 Å². The van der Waals surface area contributed by atoms with E-state index in [9.17, 15) is 0 Å². The van der Waals surface area contributed by atoms with Gasteiger partial charge >= 0.3 is 0 Å². The first-order chi connectivity index (χ1) is 6.58. The van der Waals surface area contributed by atoms with Crippen LogP contribution < -0.4 is 10.8 Å². The molecule has 1 rings (SSSR count). The summed E-state index contributed by atoms with van der Waals surface area (Å²) in [6, 6.07) is 10.6. The molecule has 14 heavy (non-hydrogen) atoms. The van der Waals surface area contributed by atoms with Crippen molar-refractivity contribution >= 4 is 5.69 Å². The first-order valence-electron chi connectivity index (χ1n) is 4.69. The molecule has 2 N–H and O–H groups in total. The molecule has 1 radical (unpaired) electrons. The number of nitrogens with one attached hydrogen (secondary N) is 2. The van der Waals surface area contributed by atoms with Crippen molar-refractivity contribution in [3.63, 3.8) is 0 Å². The molecule has 0 bridgehead atoms. The van der Waals surface area contributed by atoms with Crippen LogP contribution in [0.3, 0.4) is 0 Å². The normalized spacial score (nSPS) is 11.4. The van der Waals surface area contributed by atoms with Crippen molar-refractivity contribution in [1.82, 2.24) is 5.48 Å². The molecule has 77 valence electrons. The second-order valence-electron chi connectivity index (χ2n) is 4.00. The van der Waals surface area contributed by atoms with Crippen molar-refractivity contribution in [2.45, 2.75) is 26.4 Å². The van der Waals surface area contributed by atoms with Crippen LogP contribution in [0.1, 0.15) is 20.8 Å². The fourth-order valence-electron chi connectivity index (χ4n) is 0.895. The molecule has 0 heterocycles. The SMILES string of the molecule is CC(C)(C)ONCNc1cc[c]cc1. The van der Waals surface area contributed by atoms with Crippen molar-refractivity contribution in [3.05, 3.63) is 30.3 Å². The Bertz CT molecular complexity index is 254. The minimum absolute atomic E-state index is 0.161. The minimum Gasteiger partial charge on any atom is -0.371 e. The fraction of sp³-hybridized carbons (Fsp3) is 0.455. The number of hydrogen-bond acceptors (Lipinski definition) is 3. The van der Waals surface area contributed by atoms with Crippen LogP contribution in [0.15, 0.2) is 24.3 Å². The topological polar surface area (TPSA) is 33.3 Å². The van der Waals surface area contributed by atoms with Gasteiger partial charge in [0.05, 0.1) is 12.3 Å². The van der Waals surface area contributed by atoms with Gasteiger partial charge in [-0.15, -0.1) is 0 Å². The van der Waals surface area contributed by atoms with E-state index in [4.69, 9.17) is 4.84 Å². The average Bonchev–Trinajstić information content (AvgIpc) is 2.13. The molecule has 0 saturated carbocycles. The van der Waals surface area contributed by atoms with Gasteiger partial charge in [0.1, 0.15) is 0 Å². The number of benzene rings is 1. The van der Waals surface area contributed by atoms with Crippen molar-refractivity contribution in [2.24, 2.45) is 0 Å². The predicted molar refractivity (Wildman–Crippen MR) is 57.7 cm³/mol. The van der Waals surface area contributed by atoms with Gasteiger partial charge in [-0.05, 0) is 39.0 Å². The molecule has 0 fully saturated rings. The lowest BCUT2D eigenvalue weighted by molar-refractivity contribution is -0.0693. The second-order valence-corrected chi connectivity index (χ2v) is 4.00. The fourth-order valence-corrected chi connectivity index (χ4v) is 0.895. The average molecular weight is 193 g/mol. The zero-order valence-electron chi connectivity index (χ0n) is 8.92. The first kappa shape index (κ1) is 11.0. The summed E-state index contributed by atoms with van der Waals surface area (Å²) in [6.45, 7) is 6.58. The van der Waals surface area contributed by atoms with E-state index in [1.807, 2.05) is 45.0 Å². The molecule has 0 spiro atoms. The van der Waals surface area contributed by atoms with Crippen molar-refractivity contribution in [2.75, 3.05) is 12.0 Å². The summed E-state index contributed by atoms with van der Waals surface area (Å²) in [5, 5.41) is 3.16. The molecule has 3 heteroatoms. The summed E-state index contributed by atoms with van der Waals surface area (Å²) in [5.41, 5.74) is 3.74. The lowest BCUT2D eigenvalue weighted by Crippen LogP contribution is -2.32. The van der Waals surface area contributed by atoms with Crippen LogP contribution in [0.2, 0.25) is 0 Å². The highest BCUT2D eigenvalue weighted by molar-refractivity contribution is 5.41. The Labute approximate surface area is 85.4 Å². The monoisotopic (exact) mass is 193 g/mol. The van der Waals surface area contributed by atoms with E-state index in [1.165, 1.54) is 0 Å². The van der Waals surface area contributed by atoms with E-state index >= 15 is 0 Å². The molecule has 1 aromatic carbocycles. The maximum Gasteiger partial charge on any atom is 0.0889 e. The number of hydrogen-bond donors (Lipinski definition) is 2. The van der Waals surface area contributed by atoms with Gasteiger partial charge in [-0.3, -0.25) is 4.84 Å². The molecule has 0 aliphatic carbocycles. The summed E-state index contributed by atoms with van der Waals surface area (Å²) >= 11 is 0. The van der Waals surface area contributed by atoms with E-state index in [2.05, 4.69) is 16.9 Å². The molecule has 0 aromatic heterocycles. The van der Waals surface area contributed by atoms with Gasteiger partial charge in [0, 0.05) is 5.69 Å². The maximum atomic E-state index is 5.33. The third-order valence-electron chi connectivity index (χ3n) is 1.46. The van der Waals surface area contributed by atoms with Gasteiger partial charge in [-0.2, -0.15) is 5.48 Å². The van der Waals surface area contributed by atoms with E-state index < -0.39 is 0 Å². The lowest BCUT2D eigenvalue weighted by Gasteiger charge is -2.19. The molecule has 0 atom stereocenters. The van der Waals surface area contributed by atoms with Crippen LogP contribution >= 0.6 is 0 Å². The Morgan fingerprint density at radius 3 is 2.50 bits per heavy atom. The van der Waals surface area contributed by atoms with E-state index in [1.54, 1.807) is 0 Å². The molecule has 1 aromatic rings. The molecular weight excluding hydrogens is 176 g/mol. The summed E-state index contributed by atoms with van der Waals surface area (Å²) < 4.78 is 0. The lowest BCUT2D eigenvalue weighted by atomic mass is 10.2. The van der Waals surface area contributed by atoms with Gasteiger partial charge in [0.15, 0.2) is 0 Å². The molecule has 0 amide bonds. The second kappa shape index (κ2) is 4.98. The number of hydroxylamine groups is 1. The highest BCUT2D eigenvalue weighted by atomic mass is 16.7. The smallest absolute Gasteiger partial charge is 0.0889 e. The summed E-state index contributed by atoms with van der Waals surface area (Å²) in [7, 11) is 0. The zero-order chi connectivity index (χ0) is 10.4. The molecule has 0 unspecified atom stereocenters. The summed E-state index contributed by atoms with van der Waals surface area (Å²) in [4.78, 5) is 5.33. The minimum atomic E-state index is -0.161. The number of anilines is 1. The van der Waals surface area contributed by atoms with Gasteiger partial charge in [-0.25, -0.2) is 0 Å². The van der Waals surface area contributed by atoms with E-state index in [0.717, 1.165) is 5.69 Å². The standard InChI is InChI=1S/C11H17N2O/c1-11(2,3)14-13-9-12-10-7-5-4-6-8-10/h5-8,12-13H,9H2,1-3H3. The third kappa shape index (κ3) is 4.84. The van der Waals surface area contributed by atoms with Gasteiger partial charge < -0.3 is 5.32 Å². The quantitative estimate of drug-likeness (QED) is 0.437. The molecule has 0 aliphatic heterocycles. The third-order valence-corrected chi connectivity index (χ3v) is 1.46. The summed E-state index contributed by atoms with van der Waals surface area (Å²) in [6.07, 6.45) is 0. The van der Waals surface area contributed by atoms with Crippen molar-refractivity contribution < 1.29 is 4.84 Å². The van der Waals surface area contributed by atoms with E-state index in [-0.39, 0.29) is 5.60 Å². The molecule has 3 nitrogen and oxygen atoms in total. The first-order valence-corrected chi connectivity index (χ1v) is 4.69. The van der Waals surface area contributed by atoms with Crippen LogP contribution in [-0.4, -0.2) is 12.3 Å². The van der Waals surface area contributed by atoms with Crippen molar-refractivity contribution in [3.8, 4) is 0 Å². The highest BCUT2D eigenvalue weighted by Crippen LogP contribution is 2.05. The predicted octanol–water partition coefficient (Wildman–Crippen LogP) is 2.18. The largest absolute Gasteiger partial charge is 0.371 e. The van der Waals surface area contributed by atoms with Crippen LogP contribution in [0.25, 0.3) is 0 Å². The van der Waals surface area contributed by atoms with Crippen LogP contribution in [0, 0.1) is 6.07 Å². The van der Waals surface area contributed by atoms with E-state index in [0.29, 0.717) is 6.67 Å². The Hall–Kier alpha value is -1.06. The summed E-state index contributed by atoms with van der Waals surface area (Å²) in [5.74, 6) is 0. The Morgan fingerprint density at radius 1 is 1.29 bits per heavy atom. The number of rotatable bonds is 4. The highest BCUT2D eigenvalue weighted by Gasteiger charge is 2.08. The zero-order valence-corrected chi connectivity index (χ0v) is 8.92. The Kier molecular flexibility index (Phi) is 3.92. The van der Waals surface area contributed by atoms with Gasteiger partial charge in [-0.1, -0.05) is 12.1 Å². The van der Waals surface area contributed by atoms with Crippen LogP contribution in [-0.2, 0) is 4.84 Å². The molecule has 0 aliphatic rings. The maximum absolute atomic E-state index is 5.33. The van der Waals surface area contributed by atoms with Crippen LogP contribution in [0.4, 0.5) is 5.69 Å². The Balaban J connectivity index is 2.17. The molecular formula is C11H17N2O. The van der Waals surface area contributed by atoms with Crippen molar-refractivity contribution in [1.29, 1.82) is 0 Å².